The van der Waals surface area contributed by atoms with Gasteiger partial charge in [0.1, 0.15) is 5.52 Å². The second-order valence-electron chi connectivity index (χ2n) is 3.99. The van der Waals surface area contributed by atoms with E-state index in [-0.39, 0.29) is 0 Å². The summed E-state index contributed by atoms with van der Waals surface area (Å²) >= 11 is 0. The summed E-state index contributed by atoms with van der Waals surface area (Å²) in [5, 5.41) is 11.7. The topological polar surface area (TPSA) is 52.0 Å². The molecule has 2 aromatic rings. The molecule has 0 unspecified atom stereocenters. The second kappa shape index (κ2) is 4.19. The molecular weight excluding hydrogens is 204 g/mol. The van der Waals surface area contributed by atoms with Crippen LogP contribution in [0.5, 0.6) is 0 Å². The number of benzene rings is 1. The minimum atomic E-state index is 0.332. The fourth-order valence-electron chi connectivity index (χ4n) is 2.00. The van der Waals surface area contributed by atoms with Gasteiger partial charge in [0.15, 0.2) is 0 Å². The first kappa shape index (κ1) is 9.74. The molecule has 5 nitrogen and oxygen atoms in total. The second-order valence-corrected chi connectivity index (χ2v) is 3.99. The first-order chi connectivity index (χ1) is 7.93. The van der Waals surface area contributed by atoms with Gasteiger partial charge in [0.05, 0.1) is 31.3 Å². The van der Waals surface area contributed by atoms with Crippen LogP contribution < -0.4 is 5.32 Å². The van der Waals surface area contributed by atoms with Gasteiger partial charge in [-0.15, -0.1) is 5.10 Å². The summed E-state index contributed by atoms with van der Waals surface area (Å²) in [7, 11) is 0. The van der Waals surface area contributed by atoms with E-state index in [0.29, 0.717) is 6.04 Å². The van der Waals surface area contributed by atoms with Crippen LogP contribution in [0.3, 0.4) is 0 Å². The quantitative estimate of drug-likeness (QED) is 0.793. The van der Waals surface area contributed by atoms with Crippen molar-refractivity contribution >= 4 is 11.0 Å². The van der Waals surface area contributed by atoms with Crippen LogP contribution in [-0.4, -0.2) is 40.8 Å². The SMILES string of the molecule is c1ccc2c(c1)nnn2C[C@H]1COCCN1. The number of morpholine rings is 1. The first-order valence-electron chi connectivity index (χ1n) is 5.53. The summed E-state index contributed by atoms with van der Waals surface area (Å²) < 4.78 is 7.35. The van der Waals surface area contributed by atoms with Crippen molar-refractivity contribution in [3.05, 3.63) is 24.3 Å². The lowest BCUT2D eigenvalue weighted by Crippen LogP contribution is -2.43. The lowest BCUT2D eigenvalue weighted by Gasteiger charge is -2.23. The van der Waals surface area contributed by atoms with Crippen LogP contribution in [0.25, 0.3) is 11.0 Å². The van der Waals surface area contributed by atoms with Crippen LogP contribution in [0.15, 0.2) is 24.3 Å². The number of aromatic nitrogens is 3. The standard InChI is InChI=1S/C11H14N4O/c1-2-4-11-10(3-1)13-14-15(11)7-9-8-16-6-5-12-9/h1-4,9,12H,5-8H2/t9-/m0/s1. The molecule has 1 aromatic carbocycles. The number of nitrogens with one attached hydrogen (secondary N) is 1. The van der Waals surface area contributed by atoms with E-state index in [2.05, 4.69) is 15.6 Å². The van der Waals surface area contributed by atoms with Crippen LogP contribution in [0, 0.1) is 0 Å². The minimum Gasteiger partial charge on any atom is -0.378 e. The maximum absolute atomic E-state index is 5.42. The molecule has 84 valence electrons. The number of ether oxygens (including phenoxy) is 1. The van der Waals surface area contributed by atoms with E-state index in [1.54, 1.807) is 0 Å². The molecule has 0 spiro atoms. The lowest BCUT2D eigenvalue weighted by atomic mass is 10.2. The Labute approximate surface area is 93.4 Å². The van der Waals surface area contributed by atoms with Crippen LogP contribution >= 0.6 is 0 Å². The smallest absolute Gasteiger partial charge is 0.113 e. The monoisotopic (exact) mass is 218 g/mol. The van der Waals surface area contributed by atoms with Crippen LogP contribution in [0.1, 0.15) is 0 Å². The lowest BCUT2D eigenvalue weighted by molar-refractivity contribution is 0.0705. The third-order valence-electron chi connectivity index (χ3n) is 2.81. The van der Waals surface area contributed by atoms with Crippen molar-refractivity contribution in [2.45, 2.75) is 12.6 Å². The van der Waals surface area contributed by atoms with Gasteiger partial charge in [-0.3, -0.25) is 0 Å². The van der Waals surface area contributed by atoms with Crippen LogP contribution in [-0.2, 0) is 11.3 Å². The van der Waals surface area contributed by atoms with Gasteiger partial charge >= 0.3 is 0 Å². The number of fused-ring (bicyclic) bond motifs is 1. The van der Waals surface area contributed by atoms with Crippen LogP contribution in [0.4, 0.5) is 0 Å². The van der Waals surface area contributed by atoms with Crippen molar-refractivity contribution in [1.82, 2.24) is 20.3 Å². The van der Waals surface area contributed by atoms with Crippen molar-refractivity contribution in [1.29, 1.82) is 0 Å². The van der Waals surface area contributed by atoms with E-state index in [1.165, 1.54) is 0 Å². The Morgan fingerprint density at radius 1 is 1.44 bits per heavy atom. The van der Waals surface area contributed by atoms with Gasteiger partial charge in [-0.1, -0.05) is 17.3 Å². The summed E-state index contributed by atoms with van der Waals surface area (Å²) in [5.74, 6) is 0. The normalized spacial score (nSPS) is 21.4. The summed E-state index contributed by atoms with van der Waals surface area (Å²) in [6.07, 6.45) is 0. The van der Waals surface area contributed by atoms with Crippen molar-refractivity contribution in [2.24, 2.45) is 0 Å². The average molecular weight is 218 g/mol. The van der Waals surface area contributed by atoms with Gasteiger partial charge in [0.2, 0.25) is 0 Å². The molecule has 1 saturated heterocycles. The molecule has 0 bridgehead atoms. The Morgan fingerprint density at radius 2 is 2.38 bits per heavy atom. The highest BCUT2D eigenvalue weighted by Crippen LogP contribution is 2.10. The molecule has 3 rings (SSSR count). The molecule has 0 radical (unpaired) electrons. The molecule has 16 heavy (non-hydrogen) atoms. The van der Waals surface area contributed by atoms with Gasteiger partial charge < -0.3 is 10.1 Å². The molecule has 1 N–H and O–H groups in total. The zero-order chi connectivity index (χ0) is 10.8. The van der Waals surface area contributed by atoms with Crippen molar-refractivity contribution in [3.8, 4) is 0 Å². The van der Waals surface area contributed by atoms with E-state index in [9.17, 15) is 0 Å². The van der Waals surface area contributed by atoms with Gasteiger partial charge in [-0.05, 0) is 12.1 Å². The number of nitrogens with zero attached hydrogens (tertiary/aromatic N) is 3. The summed E-state index contributed by atoms with van der Waals surface area (Å²) in [6, 6.07) is 8.33. The molecule has 1 aromatic heterocycles. The third kappa shape index (κ3) is 1.79. The average Bonchev–Trinajstić information content (AvgIpc) is 2.74. The van der Waals surface area contributed by atoms with Gasteiger partial charge in [-0.25, -0.2) is 4.68 Å². The van der Waals surface area contributed by atoms with E-state index in [1.807, 2.05) is 28.9 Å². The molecule has 1 fully saturated rings. The van der Waals surface area contributed by atoms with Crippen molar-refractivity contribution < 1.29 is 4.74 Å². The molecular formula is C11H14N4O. The summed E-state index contributed by atoms with van der Waals surface area (Å²) in [4.78, 5) is 0. The van der Waals surface area contributed by atoms with E-state index < -0.39 is 0 Å². The van der Waals surface area contributed by atoms with E-state index in [4.69, 9.17) is 4.74 Å². The van der Waals surface area contributed by atoms with Crippen molar-refractivity contribution in [2.75, 3.05) is 19.8 Å². The first-order valence-corrected chi connectivity index (χ1v) is 5.53. The Balaban J connectivity index is 1.83. The van der Waals surface area contributed by atoms with Gasteiger partial charge in [-0.2, -0.15) is 0 Å². The zero-order valence-corrected chi connectivity index (χ0v) is 8.97. The Hall–Kier alpha value is -1.46. The minimum absolute atomic E-state index is 0.332. The molecule has 5 heteroatoms. The van der Waals surface area contributed by atoms with E-state index >= 15 is 0 Å². The van der Waals surface area contributed by atoms with Crippen LogP contribution in [0.2, 0.25) is 0 Å². The Morgan fingerprint density at radius 3 is 3.25 bits per heavy atom. The largest absolute Gasteiger partial charge is 0.378 e. The third-order valence-corrected chi connectivity index (χ3v) is 2.81. The maximum atomic E-state index is 5.42. The van der Waals surface area contributed by atoms with Crippen molar-refractivity contribution in [3.63, 3.8) is 0 Å². The number of para-hydroxylation sites is 1. The van der Waals surface area contributed by atoms with Gasteiger partial charge in [0.25, 0.3) is 0 Å². The van der Waals surface area contributed by atoms with E-state index in [0.717, 1.165) is 37.3 Å². The maximum Gasteiger partial charge on any atom is 0.113 e. The number of rotatable bonds is 2. The molecule has 0 saturated carbocycles. The molecule has 1 aliphatic heterocycles. The highest BCUT2D eigenvalue weighted by molar-refractivity contribution is 5.73. The number of hydrogen-bond donors (Lipinski definition) is 1. The predicted molar refractivity (Wildman–Crippen MR) is 60.1 cm³/mol. The molecule has 1 atom stereocenters. The van der Waals surface area contributed by atoms with Gasteiger partial charge in [0, 0.05) is 6.54 Å². The molecule has 0 aliphatic carbocycles. The fourth-order valence-corrected chi connectivity index (χ4v) is 2.00. The highest BCUT2D eigenvalue weighted by Gasteiger charge is 2.15. The molecule has 1 aliphatic rings. The summed E-state index contributed by atoms with van der Waals surface area (Å²) in [6.45, 7) is 3.26. The summed E-state index contributed by atoms with van der Waals surface area (Å²) in [5.41, 5.74) is 2.02. The number of hydrogen-bond acceptors (Lipinski definition) is 4. The fraction of sp³-hybridized carbons (Fsp3) is 0.455. The Kier molecular flexibility index (Phi) is 2.55. The Bertz CT molecular complexity index is 476. The molecule has 0 amide bonds. The molecule has 2 heterocycles. The highest BCUT2D eigenvalue weighted by atomic mass is 16.5. The predicted octanol–water partition coefficient (Wildman–Crippen LogP) is 0.420. The zero-order valence-electron chi connectivity index (χ0n) is 8.97.